The normalized spacial score (nSPS) is 16.9. The number of rotatable bonds is 3. The molecule has 90 valence electrons. The largest absolute Gasteiger partial charge is 0.480 e. The second-order valence-electron chi connectivity index (χ2n) is 3.73. The fourth-order valence-corrected chi connectivity index (χ4v) is 1.49. The van der Waals surface area contributed by atoms with Gasteiger partial charge in [0.2, 0.25) is 0 Å². The summed E-state index contributed by atoms with van der Waals surface area (Å²) >= 11 is 0. The SMILES string of the molecule is C=C(C)OC(=O)N1CCN(CC(=O)O)CC1. The second kappa shape index (κ2) is 5.50. The molecular formula is C10H16N2O4. The topological polar surface area (TPSA) is 70.1 Å². The Hall–Kier alpha value is -1.56. The maximum absolute atomic E-state index is 11.4. The molecule has 0 bridgehead atoms. The Morgan fingerprint density at radius 2 is 1.88 bits per heavy atom. The van der Waals surface area contributed by atoms with E-state index >= 15 is 0 Å². The van der Waals surface area contributed by atoms with Crippen LogP contribution in [0.5, 0.6) is 0 Å². The number of hydrogen-bond donors (Lipinski definition) is 1. The van der Waals surface area contributed by atoms with E-state index in [1.165, 1.54) is 0 Å². The van der Waals surface area contributed by atoms with E-state index in [9.17, 15) is 9.59 Å². The van der Waals surface area contributed by atoms with Crippen molar-refractivity contribution in [1.29, 1.82) is 0 Å². The van der Waals surface area contributed by atoms with Crippen LogP contribution >= 0.6 is 0 Å². The molecule has 1 saturated heterocycles. The molecule has 0 unspecified atom stereocenters. The Balaban J connectivity index is 2.34. The van der Waals surface area contributed by atoms with Crippen molar-refractivity contribution in [2.75, 3.05) is 32.7 Å². The molecule has 6 nitrogen and oxygen atoms in total. The van der Waals surface area contributed by atoms with Crippen LogP contribution in [-0.2, 0) is 9.53 Å². The highest BCUT2D eigenvalue weighted by molar-refractivity contribution is 5.70. The van der Waals surface area contributed by atoms with Crippen molar-refractivity contribution in [1.82, 2.24) is 9.80 Å². The van der Waals surface area contributed by atoms with Crippen molar-refractivity contribution < 1.29 is 19.4 Å². The maximum Gasteiger partial charge on any atom is 0.414 e. The predicted octanol–water partition coefficient (Wildman–Crippen LogP) is 0.359. The molecule has 1 N–H and O–H groups in total. The third-order valence-electron chi connectivity index (χ3n) is 2.25. The molecule has 0 aromatic carbocycles. The van der Waals surface area contributed by atoms with E-state index in [1.807, 2.05) is 0 Å². The lowest BCUT2D eigenvalue weighted by Crippen LogP contribution is -2.49. The first-order valence-corrected chi connectivity index (χ1v) is 5.05. The van der Waals surface area contributed by atoms with Crippen molar-refractivity contribution >= 4 is 12.1 Å². The Morgan fingerprint density at radius 3 is 2.31 bits per heavy atom. The van der Waals surface area contributed by atoms with Crippen LogP contribution in [0.2, 0.25) is 0 Å². The average molecular weight is 228 g/mol. The van der Waals surface area contributed by atoms with Crippen molar-refractivity contribution in [2.45, 2.75) is 6.92 Å². The highest BCUT2D eigenvalue weighted by Crippen LogP contribution is 2.05. The molecule has 16 heavy (non-hydrogen) atoms. The molecule has 6 heteroatoms. The maximum atomic E-state index is 11.4. The van der Waals surface area contributed by atoms with Crippen LogP contribution in [0.4, 0.5) is 4.79 Å². The van der Waals surface area contributed by atoms with E-state index in [0.717, 1.165) is 0 Å². The van der Waals surface area contributed by atoms with Crippen LogP contribution < -0.4 is 0 Å². The van der Waals surface area contributed by atoms with Crippen LogP contribution in [0.3, 0.4) is 0 Å². The molecule has 1 amide bonds. The summed E-state index contributed by atoms with van der Waals surface area (Å²) in [5.74, 6) is -0.490. The number of carbonyl (C=O) groups is 2. The Kier molecular flexibility index (Phi) is 4.30. The molecule has 1 aliphatic rings. The third kappa shape index (κ3) is 3.90. The first kappa shape index (κ1) is 12.5. The van der Waals surface area contributed by atoms with E-state index in [4.69, 9.17) is 9.84 Å². The summed E-state index contributed by atoms with van der Waals surface area (Å²) in [6.45, 7) is 7.19. The van der Waals surface area contributed by atoms with Gasteiger partial charge < -0.3 is 14.7 Å². The van der Waals surface area contributed by atoms with Gasteiger partial charge >= 0.3 is 12.1 Å². The number of aliphatic carboxylic acids is 1. The Bertz CT molecular complexity index is 295. The van der Waals surface area contributed by atoms with E-state index in [1.54, 1.807) is 16.7 Å². The molecule has 1 aliphatic heterocycles. The molecule has 1 heterocycles. The predicted molar refractivity (Wildman–Crippen MR) is 56.9 cm³/mol. The number of allylic oxidation sites excluding steroid dienone is 1. The number of carboxylic acids is 1. The molecule has 0 aromatic heterocycles. The van der Waals surface area contributed by atoms with E-state index in [-0.39, 0.29) is 6.54 Å². The number of hydrogen-bond acceptors (Lipinski definition) is 4. The van der Waals surface area contributed by atoms with Gasteiger partial charge in [-0.15, -0.1) is 0 Å². The van der Waals surface area contributed by atoms with Gasteiger partial charge in [-0.25, -0.2) is 4.79 Å². The summed E-state index contributed by atoms with van der Waals surface area (Å²) in [5.41, 5.74) is 0. The van der Waals surface area contributed by atoms with Gasteiger partial charge in [-0.2, -0.15) is 0 Å². The van der Waals surface area contributed by atoms with Gasteiger partial charge in [0.1, 0.15) is 0 Å². The average Bonchev–Trinajstić information content (AvgIpc) is 2.16. The monoisotopic (exact) mass is 228 g/mol. The minimum atomic E-state index is -0.849. The minimum Gasteiger partial charge on any atom is -0.480 e. The molecule has 0 aromatic rings. The van der Waals surface area contributed by atoms with Crippen LogP contribution in [-0.4, -0.2) is 59.7 Å². The lowest BCUT2D eigenvalue weighted by Gasteiger charge is -2.32. The zero-order valence-electron chi connectivity index (χ0n) is 9.31. The Morgan fingerprint density at radius 1 is 1.31 bits per heavy atom. The van der Waals surface area contributed by atoms with Crippen LogP contribution in [0, 0.1) is 0 Å². The smallest absolute Gasteiger partial charge is 0.414 e. The summed E-state index contributed by atoms with van der Waals surface area (Å²) < 4.78 is 4.86. The number of piperazine rings is 1. The van der Waals surface area contributed by atoms with Gasteiger partial charge in [-0.05, 0) is 6.92 Å². The lowest BCUT2D eigenvalue weighted by atomic mass is 10.3. The van der Waals surface area contributed by atoms with E-state index in [2.05, 4.69) is 6.58 Å². The van der Waals surface area contributed by atoms with Crippen molar-refractivity contribution in [2.24, 2.45) is 0 Å². The zero-order valence-corrected chi connectivity index (χ0v) is 9.31. The fraction of sp³-hybridized carbons (Fsp3) is 0.600. The third-order valence-corrected chi connectivity index (χ3v) is 2.25. The summed E-state index contributed by atoms with van der Waals surface area (Å²) in [7, 11) is 0. The molecule has 0 spiro atoms. The molecule has 0 atom stereocenters. The minimum absolute atomic E-state index is 0.0172. The Labute approximate surface area is 94.1 Å². The summed E-state index contributed by atoms with van der Waals surface area (Å²) in [6, 6.07) is 0. The number of nitrogens with zero attached hydrogens (tertiary/aromatic N) is 2. The number of amides is 1. The lowest BCUT2D eigenvalue weighted by molar-refractivity contribution is -0.138. The van der Waals surface area contributed by atoms with Gasteiger partial charge in [-0.1, -0.05) is 6.58 Å². The van der Waals surface area contributed by atoms with Gasteiger partial charge in [0.15, 0.2) is 0 Å². The molecule has 1 fully saturated rings. The highest BCUT2D eigenvalue weighted by atomic mass is 16.6. The quantitative estimate of drug-likeness (QED) is 0.706. The molecule has 0 radical (unpaired) electrons. The summed E-state index contributed by atoms with van der Waals surface area (Å²) in [5, 5.41) is 8.60. The summed E-state index contributed by atoms with van der Waals surface area (Å²) in [4.78, 5) is 25.2. The summed E-state index contributed by atoms with van der Waals surface area (Å²) in [6.07, 6.45) is -0.414. The highest BCUT2D eigenvalue weighted by Gasteiger charge is 2.23. The molecular weight excluding hydrogens is 212 g/mol. The van der Waals surface area contributed by atoms with Crippen LogP contribution in [0.1, 0.15) is 6.92 Å². The standard InChI is InChI=1S/C10H16N2O4/c1-8(2)16-10(15)12-5-3-11(4-6-12)7-9(13)14/h1,3-7H2,2H3,(H,13,14). The zero-order chi connectivity index (χ0) is 12.1. The van der Waals surface area contributed by atoms with Gasteiger partial charge in [-0.3, -0.25) is 9.69 Å². The van der Waals surface area contributed by atoms with Gasteiger partial charge in [0.05, 0.1) is 12.3 Å². The van der Waals surface area contributed by atoms with E-state index in [0.29, 0.717) is 31.9 Å². The molecule has 1 rings (SSSR count). The fourth-order valence-electron chi connectivity index (χ4n) is 1.49. The number of carbonyl (C=O) groups excluding carboxylic acids is 1. The number of ether oxygens (including phenoxy) is 1. The van der Waals surface area contributed by atoms with Crippen molar-refractivity contribution in [3.05, 3.63) is 12.3 Å². The van der Waals surface area contributed by atoms with Crippen molar-refractivity contribution in [3.8, 4) is 0 Å². The van der Waals surface area contributed by atoms with E-state index < -0.39 is 12.1 Å². The first-order valence-electron chi connectivity index (χ1n) is 5.05. The first-order chi connectivity index (χ1) is 7.49. The van der Waals surface area contributed by atoms with Crippen molar-refractivity contribution in [3.63, 3.8) is 0 Å². The second-order valence-corrected chi connectivity index (χ2v) is 3.73. The molecule has 0 saturated carbocycles. The van der Waals surface area contributed by atoms with Gasteiger partial charge in [0, 0.05) is 26.2 Å². The number of carboxylic acid groups (broad SMARTS) is 1. The van der Waals surface area contributed by atoms with Crippen LogP contribution in [0.15, 0.2) is 12.3 Å². The molecule has 0 aliphatic carbocycles. The van der Waals surface area contributed by atoms with Crippen LogP contribution in [0.25, 0.3) is 0 Å². The van der Waals surface area contributed by atoms with Gasteiger partial charge in [0.25, 0.3) is 0 Å².